The molecule has 0 unspecified atom stereocenters. The molecule has 1 aromatic rings. The zero-order chi connectivity index (χ0) is 15.9. The Morgan fingerprint density at radius 1 is 1.59 bits per heavy atom. The zero-order valence-corrected chi connectivity index (χ0v) is 13.5. The van der Waals surface area contributed by atoms with Gasteiger partial charge in [-0.05, 0) is 13.3 Å². The van der Waals surface area contributed by atoms with Crippen molar-refractivity contribution in [2.45, 2.75) is 37.2 Å². The smallest absolute Gasteiger partial charge is 0.355 e. The van der Waals surface area contributed by atoms with E-state index in [1.807, 2.05) is 6.92 Å². The van der Waals surface area contributed by atoms with Crippen molar-refractivity contribution in [1.82, 2.24) is 15.2 Å². The van der Waals surface area contributed by atoms with Crippen molar-refractivity contribution in [2.24, 2.45) is 0 Å². The highest BCUT2D eigenvalue weighted by molar-refractivity contribution is 8.01. The number of carbonyl (C=O) groups excluding carboxylic acids is 2. The van der Waals surface area contributed by atoms with E-state index in [-0.39, 0.29) is 28.9 Å². The molecule has 3 heterocycles. The van der Waals surface area contributed by atoms with Gasteiger partial charge in [-0.1, -0.05) is 0 Å². The molecule has 2 amide bonds. The maximum Gasteiger partial charge on any atom is 0.355 e. The molecule has 0 aromatic carbocycles. The summed E-state index contributed by atoms with van der Waals surface area (Å²) in [5.74, 6) is -0.681. The van der Waals surface area contributed by atoms with Gasteiger partial charge in [-0.3, -0.25) is 9.59 Å². The van der Waals surface area contributed by atoms with E-state index in [9.17, 15) is 14.4 Å². The number of amides is 2. The molecular formula is C13H15N3O4S2. The SMILES string of the molecule is C[C@]12CCC(=O)N1[C@H](C(=O)NCc1nc(C(=O)O)cs1)CS2. The molecule has 1 aromatic heterocycles. The van der Waals surface area contributed by atoms with Crippen molar-refractivity contribution in [3.63, 3.8) is 0 Å². The lowest BCUT2D eigenvalue weighted by atomic mass is 10.2. The van der Waals surface area contributed by atoms with E-state index in [0.717, 1.165) is 6.42 Å². The first-order chi connectivity index (χ1) is 10.4. The van der Waals surface area contributed by atoms with Crippen molar-refractivity contribution < 1.29 is 19.5 Å². The average Bonchev–Trinajstić information content (AvgIpc) is 3.13. The molecule has 0 radical (unpaired) electrons. The third-order valence-electron chi connectivity index (χ3n) is 3.93. The van der Waals surface area contributed by atoms with Crippen molar-refractivity contribution in [3.8, 4) is 0 Å². The van der Waals surface area contributed by atoms with E-state index >= 15 is 0 Å². The Labute approximate surface area is 135 Å². The van der Waals surface area contributed by atoms with Gasteiger partial charge in [0.05, 0.1) is 11.4 Å². The summed E-state index contributed by atoms with van der Waals surface area (Å²) in [6.45, 7) is 2.17. The largest absolute Gasteiger partial charge is 0.476 e. The van der Waals surface area contributed by atoms with Crippen LogP contribution < -0.4 is 5.32 Å². The van der Waals surface area contributed by atoms with Crippen LogP contribution in [0, 0.1) is 0 Å². The molecule has 3 rings (SSSR count). The summed E-state index contributed by atoms with van der Waals surface area (Å²) in [6, 6.07) is -0.455. The van der Waals surface area contributed by atoms with Gasteiger partial charge in [0.15, 0.2) is 5.69 Å². The number of carboxylic acid groups (broad SMARTS) is 1. The van der Waals surface area contributed by atoms with E-state index in [1.54, 1.807) is 16.7 Å². The van der Waals surface area contributed by atoms with Gasteiger partial charge >= 0.3 is 5.97 Å². The van der Waals surface area contributed by atoms with Gasteiger partial charge in [0.1, 0.15) is 11.0 Å². The van der Waals surface area contributed by atoms with Crippen LogP contribution in [-0.4, -0.2) is 49.4 Å². The Kier molecular flexibility index (Phi) is 3.85. The molecule has 2 fully saturated rings. The first kappa shape index (κ1) is 15.3. The molecular weight excluding hydrogens is 326 g/mol. The number of fused-ring (bicyclic) bond motifs is 1. The Bertz CT molecular complexity index is 647. The number of nitrogens with zero attached hydrogens (tertiary/aromatic N) is 2. The van der Waals surface area contributed by atoms with Crippen molar-refractivity contribution in [2.75, 3.05) is 5.75 Å². The number of rotatable bonds is 4. The topological polar surface area (TPSA) is 99.6 Å². The fourth-order valence-electron chi connectivity index (χ4n) is 2.79. The summed E-state index contributed by atoms with van der Waals surface area (Å²) in [6.07, 6.45) is 1.26. The summed E-state index contributed by atoms with van der Waals surface area (Å²) in [5.41, 5.74) is -0.0204. The van der Waals surface area contributed by atoms with E-state index < -0.39 is 12.0 Å². The van der Waals surface area contributed by atoms with Gasteiger partial charge in [-0.15, -0.1) is 23.1 Å². The first-order valence-electron chi connectivity index (χ1n) is 6.82. The zero-order valence-electron chi connectivity index (χ0n) is 11.9. The molecule has 2 N–H and O–H groups in total. The van der Waals surface area contributed by atoms with Crippen LogP contribution >= 0.6 is 23.1 Å². The Morgan fingerprint density at radius 2 is 2.36 bits per heavy atom. The molecule has 0 spiro atoms. The fourth-order valence-corrected chi connectivity index (χ4v) is 4.93. The molecule has 2 saturated heterocycles. The number of carboxylic acids is 1. The number of nitrogens with one attached hydrogen (secondary N) is 1. The lowest BCUT2D eigenvalue weighted by molar-refractivity contribution is -0.138. The molecule has 2 aliphatic rings. The predicted octanol–water partition coefficient (Wildman–Crippen LogP) is 0.911. The minimum absolute atomic E-state index is 0.0204. The second-order valence-electron chi connectivity index (χ2n) is 5.42. The summed E-state index contributed by atoms with van der Waals surface area (Å²) < 4.78 is 0. The van der Waals surface area contributed by atoms with Crippen LogP contribution in [0.5, 0.6) is 0 Å². The molecule has 2 atom stereocenters. The number of hydrogen-bond donors (Lipinski definition) is 2. The highest BCUT2D eigenvalue weighted by Gasteiger charge is 2.52. The molecule has 0 saturated carbocycles. The van der Waals surface area contributed by atoms with E-state index in [4.69, 9.17) is 5.11 Å². The Hall–Kier alpha value is -1.61. The van der Waals surface area contributed by atoms with E-state index in [1.165, 1.54) is 16.7 Å². The second kappa shape index (κ2) is 5.54. The van der Waals surface area contributed by atoms with Gasteiger partial charge in [-0.25, -0.2) is 9.78 Å². The van der Waals surface area contributed by atoms with Crippen LogP contribution in [0.1, 0.15) is 35.3 Å². The average molecular weight is 341 g/mol. The quantitative estimate of drug-likeness (QED) is 0.844. The Balaban J connectivity index is 1.62. The minimum Gasteiger partial charge on any atom is -0.476 e. The van der Waals surface area contributed by atoms with E-state index in [0.29, 0.717) is 17.2 Å². The van der Waals surface area contributed by atoms with Gasteiger partial charge < -0.3 is 15.3 Å². The molecule has 9 heteroatoms. The number of thioether (sulfide) groups is 1. The van der Waals surface area contributed by atoms with Crippen LogP contribution in [-0.2, 0) is 16.1 Å². The lowest BCUT2D eigenvalue weighted by Crippen LogP contribution is -2.49. The standard InChI is InChI=1S/C13H15N3O4S2/c1-13-3-2-10(17)16(13)8(6-22-13)11(18)14-4-9-15-7(5-21-9)12(19)20/h5,8H,2-4,6H2,1H3,(H,14,18)(H,19,20)/t8-,13-/m0/s1. The lowest BCUT2D eigenvalue weighted by Gasteiger charge is -2.29. The molecule has 7 nitrogen and oxygen atoms in total. The van der Waals surface area contributed by atoms with Crippen LogP contribution in [0.3, 0.4) is 0 Å². The van der Waals surface area contributed by atoms with E-state index in [2.05, 4.69) is 10.3 Å². The number of hydrogen-bond acceptors (Lipinski definition) is 6. The monoisotopic (exact) mass is 341 g/mol. The van der Waals surface area contributed by atoms with Gasteiger partial charge in [0.25, 0.3) is 0 Å². The van der Waals surface area contributed by atoms with Crippen molar-refractivity contribution in [3.05, 3.63) is 16.1 Å². The number of thiazole rings is 1. The molecule has 2 aliphatic heterocycles. The van der Waals surface area contributed by atoms with Gasteiger partial charge in [-0.2, -0.15) is 0 Å². The number of aromatic carboxylic acids is 1. The normalized spacial score (nSPS) is 27.0. The third kappa shape index (κ3) is 2.58. The number of aromatic nitrogens is 1. The van der Waals surface area contributed by atoms with Crippen LogP contribution in [0.2, 0.25) is 0 Å². The molecule has 0 bridgehead atoms. The second-order valence-corrected chi connectivity index (χ2v) is 7.86. The minimum atomic E-state index is -1.08. The van der Waals surface area contributed by atoms with Crippen LogP contribution in [0.4, 0.5) is 0 Å². The summed E-state index contributed by atoms with van der Waals surface area (Å²) in [4.78, 5) is 40.4. The molecule has 0 aliphatic carbocycles. The molecule has 118 valence electrons. The van der Waals surface area contributed by atoms with Crippen LogP contribution in [0.25, 0.3) is 0 Å². The van der Waals surface area contributed by atoms with Crippen molar-refractivity contribution >= 4 is 40.9 Å². The third-order valence-corrected chi connectivity index (χ3v) is 6.29. The van der Waals surface area contributed by atoms with Crippen molar-refractivity contribution in [1.29, 1.82) is 0 Å². The van der Waals surface area contributed by atoms with Crippen LogP contribution in [0.15, 0.2) is 5.38 Å². The summed E-state index contributed by atoms with van der Waals surface area (Å²) in [5, 5.41) is 13.5. The maximum absolute atomic E-state index is 12.3. The van der Waals surface area contributed by atoms with Gasteiger partial charge in [0.2, 0.25) is 11.8 Å². The van der Waals surface area contributed by atoms with Gasteiger partial charge in [0, 0.05) is 17.6 Å². The molecule has 22 heavy (non-hydrogen) atoms. The number of carbonyl (C=O) groups is 3. The highest BCUT2D eigenvalue weighted by Crippen LogP contribution is 2.47. The fraction of sp³-hybridized carbons (Fsp3) is 0.538. The summed E-state index contributed by atoms with van der Waals surface area (Å²) >= 11 is 2.83. The predicted molar refractivity (Wildman–Crippen MR) is 81.7 cm³/mol. The first-order valence-corrected chi connectivity index (χ1v) is 8.69. The highest BCUT2D eigenvalue weighted by atomic mass is 32.2. The Morgan fingerprint density at radius 3 is 3.05 bits per heavy atom. The summed E-state index contributed by atoms with van der Waals surface area (Å²) in [7, 11) is 0. The maximum atomic E-state index is 12.3.